The van der Waals surface area contributed by atoms with Crippen molar-refractivity contribution in [3.05, 3.63) is 118 Å². The van der Waals surface area contributed by atoms with Gasteiger partial charge >= 0.3 is 0 Å². The van der Waals surface area contributed by atoms with Gasteiger partial charge in [0.1, 0.15) is 0 Å². The van der Waals surface area contributed by atoms with E-state index in [1.165, 1.54) is 30.2 Å². The van der Waals surface area contributed by atoms with Crippen molar-refractivity contribution in [1.82, 2.24) is 10.4 Å². The van der Waals surface area contributed by atoms with Crippen molar-refractivity contribution in [2.24, 2.45) is 5.10 Å². The molecule has 0 fully saturated rings. The monoisotopic (exact) mass is 639 g/mol. The van der Waals surface area contributed by atoms with Crippen molar-refractivity contribution in [2.45, 2.75) is 13.8 Å². The fraction of sp³-hybridized carbons (Fsp3) is 0.118. The highest BCUT2D eigenvalue weighted by atomic mass is 35.5. The number of hydrogen-bond acceptors (Lipinski definition) is 8. The minimum Gasteiger partial charge on any atom is -0.493 e. The van der Waals surface area contributed by atoms with E-state index in [0.717, 1.165) is 27.6 Å². The van der Waals surface area contributed by atoms with E-state index in [-0.39, 0.29) is 29.2 Å². The number of thiazole rings is 1. The fourth-order valence-corrected chi connectivity index (χ4v) is 5.27. The van der Waals surface area contributed by atoms with Crippen LogP contribution in [-0.4, -0.2) is 36.7 Å². The number of aryl methyl sites for hydroxylation is 2. The van der Waals surface area contributed by atoms with Gasteiger partial charge in [0, 0.05) is 27.9 Å². The maximum atomic E-state index is 12.7. The Hall–Kier alpha value is -5.19. The molecule has 0 atom stereocenters. The topological polar surface area (TPSA) is 114 Å². The molecule has 0 radical (unpaired) electrons. The lowest BCUT2D eigenvalue weighted by Crippen LogP contribution is -2.20. The van der Waals surface area contributed by atoms with Crippen LogP contribution in [0.25, 0.3) is 11.3 Å². The van der Waals surface area contributed by atoms with E-state index in [4.69, 9.17) is 21.1 Å². The molecular formula is C34H30ClN5O4S. The van der Waals surface area contributed by atoms with Crippen molar-refractivity contribution in [2.75, 3.05) is 24.4 Å². The Morgan fingerprint density at radius 3 is 2.47 bits per heavy atom. The number of nitrogens with zero attached hydrogens (tertiary/aromatic N) is 2. The van der Waals surface area contributed by atoms with Crippen LogP contribution in [0.1, 0.15) is 27.0 Å². The molecule has 1 heterocycles. The molecule has 1 aromatic heterocycles. The Morgan fingerprint density at radius 1 is 0.956 bits per heavy atom. The Bertz CT molecular complexity index is 1840. The Balaban J connectivity index is 1.15. The SMILES string of the molecule is COc1cc(/C=N/NC(=O)c2ccc(-c3csc(Nc4ccc(C)cc4)n3)cc2)cc(Cl)c1OCC(=O)Nc1cccc(C)c1. The van der Waals surface area contributed by atoms with Gasteiger partial charge in [0.05, 0.1) is 24.0 Å². The summed E-state index contributed by atoms with van der Waals surface area (Å²) in [6.45, 7) is 3.72. The van der Waals surface area contributed by atoms with Crippen molar-refractivity contribution < 1.29 is 19.1 Å². The summed E-state index contributed by atoms with van der Waals surface area (Å²) in [5.74, 6) is -0.187. The lowest BCUT2D eigenvalue weighted by Gasteiger charge is -2.13. The quantitative estimate of drug-likeness (QED) is 0.101. The number of hydrazone groups is 1. The number of methoxy groups -OCH3 is 1. The summed E-state index contributed by atoms with van der Waals surface area (Å²) in [6, 6.07) is 25.9. The highest BCUT2D eigenvalue weighted by Gasteiger charge is 2.14. The van der Waals surface area contributed by atoms with E-state index < -0.39 is 0 Å². The summed E-state index contributed by atoms with van der Waals surface area (Å²) < 4.78 is 11.1. The van der Waals surface area contributed by atoms with Gasteiger partial charge in [0.2, 0.25) is 0 Å². The number of amides is 2. The zero-order valence-electron chi connectivity index (χ0n) is 24.8. The molecule has 0 bridgehead atoms. The van der Waals surface area contributed by atoms with Gasteiger partial charge in [-0.3, -0.25) is 9.59 Å². The van der Waals surface area contributed by atoms with Crippen LogP contribution < -0.4 is 25.5 Å². The molecule has 2 amide bonds. The third-order valence-electron chi connectivity index (χ3n) is 6.53. The van der Waals surface area contributed by atoms with Gasteiger partial charge in [-0.15, -0.1) is 11.3 Å². The second-order valence-corrected chi connectivity index (χ2v) is 11.3. The van der Waals surface area contributed by atoms with Crippen LogP contribution in [0.15, 0.2) is 95.4 Å². The highest BCUT2D eigenvalue weighted by molar-refractivity contribution is 7.14. The minimum absolute atomic E-state index is 0.220. The molecule has 0 unspecified atom stereocenters. The van der Waals surface area contributed by atoms with Crippen molar-refractivity contribution in [3.8, 4) is 22.8 Å². The molecule has 3 N–H and O–H groups in total. The first-order valence-electron chi connectivity index (χ1n) is 13.9. The number of ether oxygens (including phenoxy) is 2. The molecule has 0 spiro atoms. The normalized spacial score (nSPS) is 10.8. The van der Waals surface area contributed by atoms with Crippen molar-refractivity contribution in [3.63, 3.8) is 0 Å². The van der Waals surface area contributed by atoms with Crippen LogP contribution >= 0.6 is 22.9 Å². The molecule has 0 saturated heterocycles. The van der Waals surface area contributed by atoms with Gasteiger partial charge in [-0.2, -0.15) is 5.10 Å². The number of carbonyl (C=O) groups is 2. The lowest BCUT2D eigenvalue weighted by atomic mass is 10.1. The van der Waals surface area contributed by atoms with Crippen LogP contribution in [0.3, 0.4) is 0 Å². The zero-order valence-corrected chi connectivity index (χ0v) is 26.3. The second-order valence-electron chi connectivity index (χ2n) is 10.0. The molecule has 4 aromatic carbocycles. The maximum Gasteiger partial charge on any atom is 0.271 e. The number of hydrogen-bond donors (Lipinski definition) is 3. The Labute approximate surface area is 269 Å². The summed E-state index contributed by atoms with van der Waals surface area (Å²) in [5, 5.41) is 13.1. The average Bonchev–Trinajstić information content (AvgIpc) is 3.50. The summed E-state index contributed by atoms with van der Waals surface area (Å²) in [5.41, 5.74) is 9.07. The molecule has 45 heavy (non-hydrogen) atoms. The number of benzene rings is 4. The minimum atomic E-state index is -0.379. The van der Waals surface area contributed by atoms with Gasteiger partial charge in [0.25, 0.3) is 11.8 Å². The van der Waals surface area contributed by atoms with Crippen LogP contribution in [-0.2, 0) is 4.79 Å². The summed E-state index contributed by atoms with van der Waals surface area (Å²) in [7, 11) is 1.46. The molecule has 5 aromatic rings. The first-order chi connectivity index (χ1) is 21.8. The third kappa shape index (κ3) is 8.47. The highest BCUT2D eigenvalue weighted by Crippen LogP contribution is 2.36. The summed E-state index contributed by atoms with van der Waals surface area (Å²) >= 11 is 7.94. The number of nitrogens with one attached hydrogen (secondary N) is 3. The molecule has 5 rings (SSSR count). The van der Waals surface area contributed by atoms with E-state index in [9.17, 15) is 9.59 Å². The first kappa shape index (κ1) is 31.2. The Morgan fingerprint density at radius 2 is 1.73 bits per heavy atom. The summed E-state index contributed by atoms with van der Waals surface area (Å²) in [6.07, 6.45) is 1.44. The van der Waals surface area contributed by atoms with E-state index in [1.807, 2.05) is 73.8 Å². The smallest absolute Gasteiger partial charge is 0.271 e. The molecule has 228 valence electrons. The molecule has 0 aliphatic heterocycles. The van der Waals surface area contributed by atoms with Crippen LogP contribution in [0.5, 0.6) is 11.5 Å². The molecule has 0 aliphatic carbocycles. The number of carbonyl (C=O) groups excluding carboxylic acids is 2. The lowest BCUT2D eigenvalue weighted by molar-refractivity contribution is -0.118. The van der Waals surface area contributed by atoms with Gasteiger partial charge in [-0.1, -0.05) is 53.6 Å². The Kier molecular flexibility index (Phi) is 10.1. The van der Waals surface area contributed by atoms with E-state index in [0.29, 0.717) is 22.6 Å². The van der Waals surface area contributed by atoms with E-state index >= 15 is 0 Å². The predicted octanol–water partition coefficient (Wildman–Crippen LogP) is 7.61. The number of aromatic nitrogens is 1. The molecule has 9 nitrogen and oxygen atoms in total. The van der Waals surface area contributed by atoms with Crippen LogP contribution in [0.2, 0.25) is 5.02 Å². The van der Waals surface area contributed by atoms with Gasteiger partial charge in [-0.25, -0.2) is 10.4 Å². The predicted molar refractivity (Wildman–Crippen MR) is 180 cm³/mol. The number of rotatable bonds is 11. The zero-order chi connectivity index (χ0) is 31.8. The number of halogens is 1. The van der Waals surface area contributed by atoms with Gasteiger partial charge in [-0.05, 0) is 73.5 Å². The second kappa shape index (κ2) is 14.5. The molecule has 0 saturated carbocycles. The third-order valence-corrected chi connectivity index (χ3v) is 7.57. The average molecular weight is 640 g/mol. The van der Waals surface area contributed by atoms with Crippen molar-refractivity contribution in [1.29, 1.82) is 0 Å². The van der Waals surface area contributed by atoms with E-state index in [1.54, 1.807) is 30.3 Å². The fourth-order valence-electron chi connectivity index (χ4n) is 4.26. The van der Waals surface area contributed by atoms with Crippen LogP contribution in [0.4, 0.5) is 16.5 Å². The standard InChI is InChI=1S/C34H30ClN5O4S/c1-21-7-13-26(14-8-21)38-34-39-29(20-45-34)24-9-11-25(12-10-24)33(42)40-36-18-23-16-28(35)32(30(17-23)43-3)44-19-31(41)37-27-6-4-5-22(2)15-27/h4-18,20H,19H2,1-3H3,(H,37,41)(H,38,39)(H,40,42)/b36-18+. The molecular weight excluding hydrogens is 610 g/mol. The van der Waals surface area contributed by atoms with Gasteiger partial charge in [0.15, 0.2) is 23.2 Å². The van der Waals surface area contributed by atoms with Crippen molar-refractivity contribution >= 4 is 57.5 Å². The van der Waals surface area contributed by atoms with Crippen LogP contribution in [0, 0.1) is 13.8 Å². The first-order valence-corrected chi connectivity index (χ1v) is 15.1. The molecule has 11 heteroatoms. The largest absolute Gasteiger partial charge is 0.493 e. The number of anilines is 3. The maximum absolute atomic E-state index is 12.7. The summed E-state index contributed by atoms with van der Waals surface area (Å²) in [4.78, 5) is 29.7. The molecule has 0 aliphatic rings. The van der Waals surface area contributed by atoms with E-state index in [2.05, 4.69) is 26.1 Å². The van der Waals surface area contributed by atoms with Gasteiger partial charge < -0.3 is 20.1 Å².